The van der Waals surface area contributed by atoms with Crippen molar-refractivity contribution in [1.82, 2.24) is 0 Å². The zero-order valence-corrected chi connectivity index (χ0v) is 15.2. The molecule has 0 unspecified atom stereocenters. The molecule has 0 aliphatic heterocycles. The molecule has 0 fully saturated rings. The summed E-state index contributed by atoms with van der Waals surface area (Å²) >= 11 is 0. The van der Waals surface area contributed by atoms with E-state index in [-0.39, 0.29) is 19.1 Å². The predicted octanol–water partition coefficient (Wildman–Crippen LogP) is 4.57. The maximum atomic E-state index is 10.3. The molecule has 24 heavy (non-hydrogen) atoms. The monoisotopic (exact) mass is 339 g/mol. The van der Waals surface area contributed by atoms with Crippen LogP contribution in [0.25, 0.3) is 0 Å². The SMILES string of the molecule is N[C@H](CO)CCC/C=C\CCCCCCC/C=C\CCCC(=O)O. The lowest BCUT2D eigenvalue weighted by Crippen LogP contribution is -2.23. The van der Waals surface area contributed by atoms with E-state index in [2.05, 4.69) is 24.3 Å². The maximum absolute atomic E-state index is 10.3. The summed E-state index contributed by atoms with van der Waals surface area (Å²) in [4.78, 5) is 10.3. The van der Waals surface area contributed by atoms with Crippen LogP contribution in [0.4, 0.5) is 0 Å². The second-order valence-electron chi connectivity index (χ2n) is 6.45. The van der Waals surface area contributed by atoms with Gasteiger partial charge in [-0.3, -0.25) is 4.79 Å². The third kappa shape index (κ3) is 18.9. The summed E-state index contributed by atoms with van der Waals surface area (Å²) in [7, 11) is 0. The molecule has 4 N–H and O–H groups in total. The number of unbranched alkanes of at least 4 members (excludes halogenated alkanes) is 8. The Bertz CT molecular complexity index is 340. The molecule has 0 bridgehead atoms. The summed E-state index contributed by atoms with van der Waals surface area (Å²) in [6.45, 7) is 0.0875. The number of aliphatic hydroxyl groups excluding tert-OH is 1. The van der Waals surface area contributed by atoms with Crippen molar-refractivity contribution >= 4 is 5.97 Å². The van der Waals surface area contributed by atoms with E-state index in [9.17, 15) is 4.79 Å². The lowest BCUT2D eigenvalue weighted by Gasteiger charge is -2.05. The van der Waals surface area contributed by atoms with Crippen molar-refractivity contribution in [2.24, 2.45) is 5.73 Å². The fourth-order valence-corrected chi connectivity index (χ4v) is 2.49. The molecule has 0 rings (SSSR count). The topological polar surface area (TPSA) is 83.5 Å². The minimum Gasteiger partial charge on any atom is -0.481 e. The summed E-state index contributed by atoms with van der Waals surface area (Å²) in [6.07, 6.45) is 22.4. The van der Waals surface area contributed by atoms with Crippen LogP contribution < -0.4 is 5.73 Å². The second kappa shape index (κ2) is 18.2. The second-order valence-corrected chi connectivity index (χ2v) is 6.45. The van der Waals surface area contributed by atoms with Gasteiger partial charge in [-0.1, -0.05) is 43.6 Å². The average Bonchev–Trinajstić information content (AvgIpc) is 2.57. The van der Waals surface area contributed by atoms with E-state index in [1.807, 2.05) is 0 Å². The first-order chi connectivity index (χ1) is 11.7. The van der Waals surface area contributed by atoms with Crippen molar-refractivity contribution in [2.45, 2.75) is 89.5 Å². The number of carbonyl (C=O) groups is 1. The Hall–Kier alpha value is -1.13. The Morgan fingerprint density at radius 3 is 1.75 bits per heavy atom. The predicted molar refractivity (Wildman–Crippen MR) is 101 cm³/mol. The molecule has 0 amide bonds. The molecule has 0 aliphatic carbocycles. The Balaban J connectivity index is 3.19. The minimum atomic E-state index is -0.704. The van der Waals surface area contributed by atoms with E-state index in [1.165, 1.54) is 32.1 Å². The molecule has 1 atom stereocenters. The molecule has 140 valence electrons. The molecule has 0 aromatic carbocycles. The molecule has 0 aromatic rings. The summed E-state index contributed by atoms with van der Waals surface area (Å²) in [6, 6.07) is -0.0574. The Labute approximate surface area is 147 Å². The van der Waals surface area contributed by atoms with E-state index in [1.54, 1.807) is 0 Å². The number of nitrogens with two attached hydrogens (primary N) is 1. The first-order valence-corrected chi connectivity index (χ1v) is 9.55. The van der Waals surface area contributed by atoms with Gasteiger partial charge in [0.05, 0.1) is 6.61 Å². The fourth-order valence-electron chi connectivity index (χ4n) is 2.49. The number of aliphatic carboxylic acids is 1. The fraction of sp³-hybridized carbons (Fsp3) is 0.750. The Morgan fingerprint density at radius 1 is 0.792 bits per heavy atom. The summed E-state index contributed by atoms with van der Waals surface area (Å²) in [5, 5.41) is 17.3. The number of hydrogen-bond acceptors (Lipinski definition) is 3. The van der Waals surface area contributed by atoms with Gasteiger partial charge < -0.3 is 15.9 Å². The van der Waals surface area contributed by atoms with Crippen LogP contribution in [0.15, 0.2) is 24.3 Å². The molecule has 0 saturated carbocycles. The number of rotatable bonds is 17. The Kier molecular flexibility index (Phi) is 17.4. The molecule has 0 heterocycles. The molecule has 4 nitrogen and oxygen atoms in total. The van der Waals surface area contributed by atoms with E-state index in [0.29, 0.717) is 0 Å². The van der Waals surface area contributed by atoms with Crippen LogP contribution in [0.5, 0.6) is 0 Å². The van der Waals surface area contributed by atoms with Gasteiger partial charge in [-0.15, -0.1) is 0 Å². The van der Waals surface area contributed by atoms with E-state index >= 15 is 0 Å². The number of allylic oxidation sites excluding steroid dienone is 4. The average molecular weight is 340 g/mol. The van der Waals surface area contributed by atoms with Gasteiger partial charge in [0.2, 0.25) is 0 Å². The quantitative estimate of drug-likeness (QED) is 0.268. The van der Waals surface area contributed by atoms with Gasteiger partial charge in [-0.25, -0.2) is 0 Å². The highest BCUT2D eigenvalue weighted by atomic mass is 16.4. The van der Waals surface area contributed by atoms with Crippen LogP contribution in [0.3, 0.4) is 0 Å². The number of aliphatic hydroxyl groups is 1. The van der Waals surface area contributed by atoms with Gasteiger partial charge in [0.15, 0.2) is 0 Å². The standard InChI is InChI=1S/C20H37NO3/c21-19(18-22)16-14-12-10-8-6-4-2-1-3-5-7-9-11-13-15-17-20(23)24/h8-11,19,22H,1-7,12-18,21H2,(H,23,24)/b10-8-,11-9-/t19-/m0/s1. The molecular weight excluding hydrogens is 302 g/mol. The van der Waals surface area contributed by atoms with Crippen molar-refractivity contribution in [1.29, 1.82) is 0 Å². The van der Waals surface area contributed by atoms with Crippen LogP contribution in [-0.4, -0.2) is 28.8 Å². The largest absolute Gasteiger partial charge is 0.481 e. The minimum absolute atomic E-state index is 0.0574. The van der Waals surface area contributed by atoms with Crippen molar-refractivity contribution in [3.8, 4) is 0 Å². The lowest BCUT2D eigenvalue weighted by molar-refractivity contribution is -0.137. The van der Waals surface area contributed by atoms with Gasteiger partial charge >= 0.3 is 5.97 Å². The van der Waals surface area contributed by atoms with Gasteiger partial charge in [0.25, 0.3) is 0 Å². The smallest absolute Gasteiger partial charge is 0.303 e. The highest BCUT2D eigenvalue weighted by Crippen LogP contribution is 2.09. The van der Waals surface area contributed by atoms with Gasteiger partial charge in [0.1, 0.15) is 0 Å². The summed E-state index contributed by atoms with van der Waals surface area (Å²) in [5.41, 5.74) is 5.64. The van der Waals surface area contributed by atoms with Crippen LogP contribution in [0, 0.1) is 0 Å². The number of carboxylic acids is 1. The van der Waals surface area contributed by atoms with Crippen molar-refractivity contribution in [2.75, 3.05) is 6.61 Å². The van der Waals surface area contributed by atoms with Gasteiger partial charge in [-0.05, 0) is 57.8 Å². The third-order valence-electron chi connectivity index (χ3n) is 4.02. The van der Waals surface area contributed by atoms with Crippen LogP contribution >= 0.6 is 0 Å². The number of carboxylic acid groups (broad SMARTS) is 1. The van der Waals surface area contributed by atoms with E-state index in [0.717, 1.165) is 44.9 Å². The third-order valence-corrected chi connectivity index (χ3v) is 4.02. The van der Waals surface area contributed by atoms with Gasteiger partial charge in [0, 0.05) is 12.5 Å². The normalized spacial score (nSPS) is 13.1. The molecule has 0 aromatic heterocycles. The van der Waals surface area contributed by atoms with E-state index in [4.69, 9.17) is 15.9 Å². The molecule has 0 aliphatic rings. The molecule has 4 heteroatoms. The highest BCUT2D eigenvalue weighted by molar-refractivity contribution is 5.66. The summed E-state index contributed by atoms with van der Waals surface area (Å²) in [5.74, 6) is -0.704. The number of hydrogen-bond donors (Lipinski definition) is 3. The zero-order valence-electron chi connectivity index (χ0n) is 15.2. The van der Waals surface area contributed by atoms with Crippen molar-refractivity contribution < 1.29 is 15.0 Å². The molecular formula is C20H37NO3. The highest BCUT2D eigenvalue weighted by Gasteiger charge is 1.97. The van der Waals surface area contributed by atoms with Crippen LogP contribution in [0.2, 0.25) is 0 Å². The van der Waals surface area contributed by atoms with Crippen molar-refractivity contribution in [3.63, 3.8) is 0 Å². The first kappa shape index (κ1) is 22.9. The van der Waals surface area contributed by atoms with Gasteiger partial charge in [-0.2, -0.15) is 0 Å². The van der Waals surface area contributed by atoms with Crippen LogP contribution in [0.1, 0.15) is 83.5 Å². The lowest BCUT2D eigenvalue weighted by atomic mass is 10.1. The summed E-state index contributed by atoms with van der Waals surface area (Å²) < 4.78 is 0. The first-order valence-electron chi connectivity index (χ1n) is 9.55. The Morgan fingerprint density at radius 2 is 1.25 bits per heavy atom. The molecule has 0 saturated heterocycles. The zero-order chi connectivity index (χ0) is 17.9. The van der Waals surface area contributed by atoms with E-state index < -0.39 is 5.97 Å². The molecule has 0 spiro atoms. The maximum Gasteiger partial charge on any atom is 0.303 e. The van der Waals surface area contributed by atoms with Crippen LogP contribution in [-0.2, 0) is 4.79 Å². The van der Waals surface area contributed by atoms with Crippen molar-refractivity contribution in [3.05, 3.63) is 24.3 Å². The molecule has 0 radical (unpaired) electrons.